The van der Waals surface area contributed by atoms with Crippen LogP contribution in [0.15, 0.2) is 9.52 Å². The van der Waals surface area contributed by atoms with Crippen molar-refractivity contribution in [3.8, 4) is 0 Å². The number of aryl methyl sites for hydroxylation is 2. The van der Waals surface area contributed by atoms with Crippen molar-refractivity contribution >= 4 is 5.96 Å². The number of hydrogen-bond donors (Lipinski definition) is 2. The van der Waals surface area contributed by atoms with Gasteiger partial charge in [-0.15, -0.1) is 0 Å². The highest BCUT2D eigenvalue weighted by atomic mass is 16.5. The number of rotatable bonds is 8. The molecule has 0 aromatic carbocycles. The molecule has 0 unspecified atom stereocenters. The number of guanidine groups is 1. The van der Waals surface area contributed by atoms with E-state index in [2.05, 4.69) is 39.6 Å². The maximum Gasteiger partial charge on any atom is 0.226 e. The fourth-order valence-corrected chi connectivity index (χ4v) is 1.83. The normalized spacial score (nSPS) is 11.9. The standard InChI is InChI=1S/C14H27N5O/c1-11(2)7-5-9-16-14(15-4)17-10-6-8-13-18-12(3)19-20-13/h11H,5-10H2,1-4H3,(H2,15,16,17). The number of aromatic nitrogens is 2. The molecule has 0 saturated heterocycles. The quantitative estimate of drug-likeness (QED) is 0.432. The summed E-state index contributed by atoms with van der Waals surface area (Å²) < 4.78 is 5.06. The highest BCUT2D eigenvalue weighted by Crippen LogP contribution is 2.01. The molecule has 0 spiro atoms. The van der Waals surface area contributed by atoms with Crippen LogP contribution in [0.25, 0.3) is 0 Å². The van der Waals surface area contributed by atoms with E-state index in [-0.39, 0.29) is 0 Å². The Bertz CT molecular complexity index is 400. The third-order valence-electron chi connectivity index (χ3n) is 2.90. The molecule has 0 amide bonds. The molecule has 6 heteroatoms. The predicted molar refractivity (Wildman–Crippen MR) is 80.8 cm³/mol. The number of hydrogen-bond acceptors (Lipinski definition) is 4. The van der Waals surface area contributed by atoms with Gasteiger partial charge in [-0.25, -0.2) is 0 Å². The number of nitrogens with one attached hydrogen (secondary N) is 2. The Hall–Kier alpha value is -1.59. The average molecular weight is 281 g/mol. The minimum Gasteiger partial charge on any atom is -0.356 e. The fourth-order valence-electron chi connectivity index (χ4n) is 1.83. The zero-order valence-electron chi connectivity index (χ0n) is 13.1. The van der Waals surface area contributed by atoms with E-state index in [0.717, 1.165) is 37.8 Å². The van der Waals surface area contributed by atoms with Crippen molar-refractivity contribution in [2.75, 3.05) is 20.1 Å². The molecule has 0 saturated carbocycles. The lowest BCUT2D eigenvalue weighted by molar-refractivity contribution is 0.372. The molecule has 0 bridgehead atoms. The van der Waals surface area contributed by atoms with Crippen molar-refractivity contribution in [2.45, 2.75) is 46.5 Å². The van der Waals surface area contributed by atoms with Gasteiger partial charge in [-0.1, -0.05) is 19.0 Å². The largest absolute Gasteiger partial charge is 0.356 e. The van der Waals surface area contributed by atoms with E-state index >= 15 is 0 Å². The van der Waals surface area contributed by atoms with Crippen LogP contribution in [-0.4, -0.2) is 36.2 Å². The third kappa shape index (κ3) is 7.11. The van der Waals surface area contributed by atoms with Crippen LogP contribution < -0.4 is 10.6 Å². The van der Waals surface area contributed by atoms with Gasteiger partial charge in [0.05, 0.1) is 0 Å². The molecule has 0 atom stereocenters. The summed E-state index contributed by atoms with van der Waals surface area (Å²) >= 11 is 0. The molecular formula is C14H27N5O. The summed E-state index contributed by atoms with van der Waals surface area (Å²) in [5, 5.41) is 10.4. The van der Waals surface area contributed by atoms with Gasteiger partial charge in [0, 0.05) is 26.6 Å². The Balaban J connectivity index is 2.09. The molecule has 114 valence electrons. The second-order valence-electron chi connectivity index (χ2n) is 5.30. The molecule has 20 heavy (non-hydrogen) atoms. The molecule has 6 nitrogen and oxygen atoms in total. The van der Waals surface area contributed by atoms with Gasteiger partial charge >= 0.3 is 0 Å². The third-order valence-corrected chi connectivity index (χ3v) is 2.90. The number of aliphatic imine (C=N–C) groups is 1. The lowest BCUT2D eigenvalue weighted by atomic mass is 10.1. The molecule has 0 radical (unpaired) electrons. The van der Waals surface area contributed by atoms with Crippen molar-refractivity contribution in [3.63, 3.8) is 0 Å². The Morgan fingerprint density at radius 2 is 1.95 bits per heavy atom. The Labute approximate surface area is 121 Å². The lowest BCUT2D eigenvalue weighted by Crippen LogP contribution is -2.38. The van der Waals surface area contributed by atoms with Crippen LogP contribution in [0.2, 0.25) is 0 Å². The minimum atomic E-state index is 0.690. The van der Waals surface area contributed by atoms with Crippen molar-refractivity contribution < 1.29 is 4.52 Å². The first kappa shape index (κ1) is 16.5. The van der Waals surface area contributed by atoms with Gasteiger partial charge in [0.15, 0.2) is 11.8 Å². The molecule has 1 aromatic heterocycles. The van der Waals surface area contributed by atoms with Crippen molar-refractivity contribution in [1.82, 2.24) is 20.8 Å². The zero-order chi connectivity index (χ0) is 14.8. The SMILES string of the molecule is CN=C(NCCCc1nc(C)no1)NCCCC(C)C. The first-order chi connectivity index (χ1) is 9.61. The van der Waals surface area contributed by atoms with Crippen molar-refractivity contribution in [2.24, 2.45) is 10.9 Å². The molecular weight excluding hydrogens is 254 g/mol. The lowest BCUT2D eigenvalue weighted by Gasteiger charge is -2.12. The molecule has 0 aliphatic carbocycles. The molecule has 1 aromatic rings. The highest BCUT2D eigenvalue weighted by Gasteiger charge is 2.02. The van der Waals surface area contributed by atoms with E-state index in [0.29, 0.717) is 11.7 Å². The fraction of sp³-hybridized carbons (Fsp3) is 0.786. The van der Waals surface area contributed by atoms with E-state index < -0.39 is 0 Å². The van der Waals surface area contributed by atoms with Crippen LogP contribution in [0, 0.1) is 12.8 Å². The summed E-state index contributed by atoms with van der Waals surface area (Å²) in [6.07, 6.45) is 4.13. The van der Waals surface area contributed by atoms with E-state index in [1.807, 2.05) is 6.92 Å². The molecule has 0 aliphatic rings. The summed E-state index contributed by atoms with van der Waals surface area (Å²) in [5.41, 5.74) is 0. The van der Waals surface area contributed by atoms with Gasteiger partial charge in [-0.3, -0.25) is 4.99 Å². The van der Waals surface area contributed by atoms with Crippen LogP contribution in [0.1, 0.15) is 44.8 Å². The Morgan fingerprint density at radius 3 is 2.50 bits per heavy atom. The van der Waals surface area contributed by atoms with E-state index in [1.165, 1.54) is 12.8 Å². The van der Waals surface area contributed by atoms with Gasteiger partial charge in [-0.2, -0.15) is 4.98 Å². The maximum atomic E-state index is 5.06. The van der Waals surface area contributed by atoms with Crippen molar-refractivity contribution in [3.05, 3.63) is 11.7 Å². The van der Waals surface area contributed by atoms with Crippen LogP contribution in [0.4, 0.5) is 0 Å². The van der Waals surface area contributed by atoms with Gasteiger partial charge < -0.3 is 15.2 Å². The smallest absolute Gasteiger partial charge is 0.226 e. The monoisotopic (exact) mass is 281 g/mol. The minimum absolute atomic E-state index is 0.690. The van der Waals surface area contributed by atoms with Crippen LogP contribution >= 0.6 is 0 Å². The predicted octanol–water partition coefficient (Wildman–Crippen LogP) is 1.91. The van der Waals surface area contributed by atoms with Crippen LogP contribution in [-0.2, 0) is 6.42 Å². The molecule has 0 fully saturated rings. The molecule has 2 N–H and O–H groups in total. The van der Waals surface area contributed by atoms with E-state index in [4.69, 9.17) is 4.52 Å². The second kappa shape index (κ2) is 9.34. The van der Waals surface area contributed by atoms with Crippen LogP contribution in [0.5, 0.6) is 0 Å². The summed E-state index contributed by atoms with van der Waals surface area (Å²) in [6.45, 7) is 8.11. The van der Waals surface area contributed by atoms with E-state index in [9.17, 15) is 0 Å². The summed E-state index contributed by atoms with van der Waals surface area (Å²) in [5.74, 6) is 3.00. The average Bonchev–Trinajstić information content (AvgIpc) is 2.82. The second-order valence-corrected chi connectivity index (χ2v) is 5.30. The Kier molecular flexibility index (Phi) is 7.69. The number of nitrogens with zero attached hydrogens (tertiary/aromatic N) is 3. The summed E-state index contributed by atoms with van der Waals surface area (Å²) in [6, 6.07) is 0. The van der Waals surface area contributed by atoms with Gasteiger partial charge in [0.25, 0.3) is 0 Å². The highest BCUT2D eigenvalue weighted by molar-refractivity contribution is 5.79. The first-order valence-electron chi connectivity index (χ1n) is 7.35. The molecule has 1 heterocycles. The summed E-state index contributed by atoms with van der Waals surface area (Å²) in [4.78, 5) is 8.37. The maximum absolute atomic E-state index is 5.06. The van der Waals surface area contributed by atoms with Gasteiger partial charge in [0.2, 0.25) is 5.89 Å². The molecule has 1 rings (SSSR count). The molecule has 0 aliphatic heterocycles. The first-order valence-corrected chi connectivity index (χ1v) is 7.35. The van der Waals surface area contributed by atoms with E-state index in [1.54, 1.807) is 7.05 Å². The van der Waals surface area contributed by atoms with Gasteiger partial charge in [-0.05, 0) is 32.1 Å². The van der Waals surface area contributed by atoms with Crippen LogP contribution in [0.3, 0.4) is 0 Å². The zero-order valence-corrected chi connectivity index (χ0v) is 13.1. The Morgan fingerprint density at radius 1 is 1.25 bits per heavy atom. The summed E-state index contributed by atoms with van der Waals surface area (Å²) in [7, 11) is 1.79. The van der Waals surface area contributed by atoms with Crippen molar-refractivity contribution in [1.29, 1.82) is 0 Å². The topological polar surface area (TPSA) is 75.3 Å². The van der Waals surface area contributed by atoms with Gasteiger partial charge in [0.1, 0.15) is 0 Å².